The maximum absolute atomic E-state index is 9.69. The zero-order valence-electron chi connectivity index (χ0n) is 8.30. The molecule has 0 aromatic carbocycles. The predicted molar refractivity (Wildman–Crippen MR) is 47.1 cm³/mol. The molecule has 4 heteroatoms. The van der Waals surface area contributed by atoms with Gasteiger partial charge in [-0.3, -0.25) is 0 Å². The first kappa shape index (κ1) is 10.9. The lowest BCUT2D eigenvalue weighted by Crippen LogP contribution is -2.51. The molecule has 1 saturated heterocycles. The summed E-state index contributed by atoms with van der Waals surface area (Å²) in [5.74, 6) is 0.224. The van der Waals surface area contributed by atoms with E-state index in [1.165, 1.54) is 7.11 Å². The van der Waals surface area contributed by atoms with Gasteiger partial charge in [-0.25, -0.2) is 0 Å². The molecule has 0 amide bonds. The van der Waals surface area contributed by atoms with Crippen molar-refractivity contribution in [2.24, 2.45) is 11.8 Å². The van der Waals surface area contributed by atoms with E-state index in [4.69, 9.17) is 14.6 Å². The molecular weight excluding hydrogens is 172 g/mol. The molecule has 0 bridgehead atoms. The van der Waals surface area contributed by atoms with E-state index in [9.17, 15) is 5.11 Å². The first-order valence-electron chi connectivity index (χ1n) is 4.59. The van der Waals surface area contributed by atoms with Gasteiger partial charge in [0.2, 0.25) is 0 Å². The van der Waals surface area contributed by atoms with Crippen LogP contribution in [0.1, 0.15) is 13.8 Å². The topological polar surface area (TPSA) is 58.9 Å². The molecule has 2 N–H and O–H groups in total. The van der Waals surface area contributed by atoms with Gasteiger partial charge in [0.05, 0.1) is 12.7 Å². The van der Waals surface area contributed by atoms with Crippen LogP contribution >= 0.6 is 0 Å². The quantitative estimate of drug-likeness (QED) is 0.642. The summed E-state index contributed by atoms with van der Waals surface area (Å²) < 4.78 is 10.3. The van der Waals surface area contributed by atoms with Crippen LogP contribution in [0.15, 0.2) is 0 Å². The minimum Gasteiger partial charge on any atom is -0.394 e. The Kier molecular flexibility index (Phi) is 3.67. The van der Waals surface area contributed by atoms with Crippen LogP contribution in [0.4, 0.5) is 0 Å². The molecule has 78 valence electrons. The summed E-state index contributed by atoms with van der Waals surface area (Å²) in [5.41, 5.74) is 0. The second-order valence-electron chi connectivity index (χ2n) is 3.67. The normalized spacial score (nSPS) is 46.4. The van der Waals surface area contributed by atoms with Crippen LogP contribution in [0.2, 0.25) is 0 Å². The number of hydrogen-bond acceptors (Lipinski definition) is 4. The minimum absolute atomic E-state index is 0.0297. The van der Waals surface area contributed by atoms with E-state index in [1.807, 2.05) is 13.8 Å². The van der Waals surface area contributed by atoms with Gasteiger partial charge < -0.3 is 19.7 Å². The molecule has 0 aromatic rings. The van der Waals surface area contributed by atoms with E-state index >= 15 is 0 Å². The smallest absolute Gasteiger partial charge is 0.183 e. The average Bonchev–Trinajstić information content (AvgIpc) is 2.15. The molecule has 1 heterocycles. The van der Waals surface area contributed by atoms with Gasteiger partial charge in [0.1, 0.15) is 6.10 Å². The van der Waals surface area contributed by atoms with Crippen LogP contribution in [0.5, 0.6) is 0 Å². The van der Waals surface area contributed by atoms with Crippen molar-refractivity contribution in [3.8, 4) is 0 Å². The summed E-state index contributed by atoms with van der Waals surface area (Å²) in [6.45, 7) is 3.87. The van der Waals surface area contributed by atoms with Gasteiger partial charge >= 0.3 is 0 Å². The van der Waals surface area contributed by atoms with E-state index < -0.39 is 12.4 Å². The Morgan fingerprint density at radius 2 is 1.92 bits per heavy atom. The van der Waals surface area contributed by atoms with Gasteiger partial charge in [-0.1, -0.05) is 13.8 Å². The van der Waals surface area contributed by atoms with Crippen molar-refractivity contribution >= 4 is 0 Å². The van der Waals surface area contributed by atoms with Crippen LogP contribution in [0.25, 0.3) is 0 Å². The monoisotopic (exact) mass is 190 g/mol. The first-order valence-corrected chi connectivity index (χ1v) is 4.59. The summed E-state index contributed by atoms with van der Waals surface area (Å²) in [6.07, 6.45) is -1.45. The lowest BCUT2D eigenvalue weighted by Gasteiger charge is -2.41. The Hall–Kier alpha value is -0.160. The molecule has 0 aromatic heterocycles. The van der Waals surface area contributed by atoms with Crippen molar-refractivity contribution in [3.05, 3.63) is 0 Å². The summed E-state index contributed by atoms with van der Waals surface area (Å²) >= 11 is 0. The van der Waals surface area contributed by atoms with Crippen molar-refractivity contribution in [1.82, 2.24) is 0 Å². The first-order chi connectivity index (χ1) is 6.11. The summed E-state index contributed by atoms with van der Waals surface area (Å²) in [5, 5.41) is 18.7. The zero-order chi connectivity index (χ0) is 10.0. The summed E-state index contributed by atoms with van der Waals surface area (Å²) in [4.78, 5) is 0. The predicted octanol–water partition coefficient (Wildman–Crippen LogP) is -0.0169. The molecule has 0 spiro atoms. The minimum atomic E-state index is -0.609. The third kappa shape index (κ3) is 2.02. The van der Waals surface area contributed by atoms with E-state index in [0.29, 0.717) is 0 Å². The Balaban J connectivity index is 2.66. The van der Waals surface area contributed by atoms with Crippen molar-refractivity contribution in [3.63, 3.8) is 0 Å². The summed E-state index contributed by atoms with van der Waals surface area (Å²) in [7, 11) is 1.49. The highest BCUT2D eigenvalue weighted by molar-refractivity contribution is 4.83. The number of aliphatic hydroxyl groups is 2. The van der Waals surface area contributed by atoms with Crippen molar-refractivity contribution < 1.29 is 19.7 Å². The fourth-order valence-electron chi connectivity index (χ4n) is 1.68. The van der Waals surface area contributed by atoms with Crippen molar-refractivity contribution in [2.75, 3.05) is 13.7 Å². The fraction of sp³-hybridized carbons (Fsp3) is 1.00. The lowest BCUT2D eigenvalue weighted by molar-refractivity contribution is -0.266. The van der Waals surface area contributed by atoms with Crippen molar-refractivity contribution in [1.29, 1.82) is 0 Å². The molecule has 2 unspecified atom stereocenters. The van der Waals surface area contributed by atoms with Crippen LogP contribution in [0.3, 0.4) is 0 Å². The largest absolute Gasteiger partial charge is 0.394 e. The van der Waals surface area contributed by atoms with Gasteiger partial charge in [0, 0.05) is 7.11 Å². The molecule has 4 nitrogen and oxygen atoms in total. The van der Waals surface area contributed by atoms with E-state index in [1.54, 1.807) is 0 Å². The highest BCUT2D eigenvalue weighted by Gasteiger charge is 2.40. The Bertz CT molecular complexity index is 142. The molecular formula is C9H18O4. The van der Waals surface area contributed by atoms with E-state index in [-0.39, 0.29) is 24.5 Å². The number of rotatable bonds is 2. The maximum Gasteiger partial charge on any atom is 0.183 e. The number of hydrogen-bond donors (Lipinski definition) is 2. The molecule has 1 aliphatic heterocycles. The molecule has 1 rings (SSSR count). The third-order valence-electron chi connectivity index (χ3n) is 2.95. The highest BCUT2D eigenvalue weighted by Crippen LogP contribution is 2.30. The van der Waals surface area contributed by atoms with Gasteiger partial charge in [0.15, 0.2) is 6.29 Å². The number of methoxy groups -OCH3 is 1. The Morgan fingerprint density at radius 3 is 2.38 bits per heavy atom. The van der Waals surface area contributed by atoms with Crippen LogP contribution in [0, 0.1) is 11.8 Å². The lowest BCUT2D eigenvalue weighted by atomic mass is 9.84. The van der Waals surface area contributed by atoms with Crippen molar-refractivity contribution in [2.45, 2.75) is 32.3 Å². The molecule has 1 fully saturated rings. The van der Waals surface area contributed by atoms with Crippen LogP contribution in [-0.4, -0.2) is 42.4 Å². The van der Waals surface area contributed by atoms with E-state index in [0.717, 1.165) is 0 Å². The number of aliphatic hydroxyl groups excluding tert-OH is 2. The van der Waals surface area contributed by atoms with Gasteiger partial charge in [-0.05, 0) is 11.8 Å². The maximum atomic E-state index is 9.69. The zero-order valence-corrected chi connectivity index (χ0v) is 8.30. The standard InChI is InChI=1S/C9H18O4/c1-5-6(2)8(11)9(12-3)13-7(5)4-10/h5-11H,4H2,1-3H3/t5-,6-,7?,8?,9-/m0/s1. The van der Waals surface area contributed by atoms with Crippen LogP contribution in [-0.2, 0) is 9.47 Å². The summed E-state index contributed by atoms with van der Waals surface area (Å²) in [6, 6.07) is 0. The second-order valence-corrected chi connectivity index (χ2v) is 3.67. The molecule has 0 radical (unpaired) electrons. The highest BCUT2D eigenvalue weighted by atomic mass is 16.7. The molecule has 1 aliphatic rings. The second kappa shape index (κ2) is 4.37. The Labute approximate surface area is 78.5 Å². The Morgan fingerprint density at radius 1 is 1.31 bits per heavy atom. The molecule has 0 aliphatic carbocycles. The van der Waals surface area contributed by atoms with E-state index in [2.05, 4.69) is 0 Å². The molecule has 13 heavy (non-hydrogen) atoms. The van der Waals surface area contributed by atoms with Crippen LogP contribution < -0.4 is 0 Å². The average molecular weight is 190 g/mol. The van der Waals surface area contributed by atoms with Gasteiger partial charge in [0.25, 0.3) is 0 Å². The van der Waals surface area contributed by atoms with Gasteiger partial charge in [-0.2, -0.15) is 0 Å². The number of ether oxygens (including phenoxy) is 2. The van der Waals surface area contributed by atoms with Gasteiger partial charge in [-0.15, -0.1) is 0 Å². The SMILES string of the molecule is CO[C@H]1OC(CO)[C@@H](C)[C@H](C)C1O. The third-order valence-corrected chi connectivity index (χ3v) is 2.95. The fourth-order valence-corrected chi connectivity index (χ4v) is 1.68. The molecule has 0 saturated carbocycles. The molecule has 5 atom stereocenters.